The summed E-state index contributed by atoms with van der Waals surface area (Å²) in [5.41, 5.74) is 0.568. The molecule has 33 heavy (non-hydrogen) atoms. The Kier molecular flexibility index (Phi) is 7.00. The molecule has 10 heteroatoms. The molecular weight excluding hydrogens is 466 g/mol. The van der Waals surface area contributed by atoms with Gasteiger partial charge < -0.3 is 18.6 Å². The van der Waals surface area contributed by atoms with Gasteiger partial charge in [0, 0.05) is 15.6 Å². The number of nitrogens with zero attached hydrogens (tertiary/aromatic N) is 2. The van der Waals surface area contributed by atoms with Crippen molar-refractivity contribution in [2.45, 2.75) is 20.8 Å². The molecule has 0 saturated carbocycles. The van der Waals surface area contributed by atoms with E-state index in [-0.39, 0.29) is 11.9 Å². The van der Waals surface area contributed by atoms with Gasteiger partial charge in [0.05, 0.1) is 24.8 Å². The van der Waals surface area contributed by atoms with Crippen molar-refractivity contribution in [3.63, 3.8) is 0 Å². The summed E-state index contributed by atoms with van der Waals surface area (Å²) in [6.07, 6.45) is 0. The van der Waals surface area contributed by atoms with Crippen molar-refractivity contribution in [3.05, 3.63) is 46.3 Å². The predicted molar refractivity (Wildman–Crippen MR) is 128 cm³/mol. The largest absolute Gasteiger partial charge is 0.490 e. The van der Waals surface area contributed by atoms with Gasteiger partial charge in [-0.25, -0.2) is 0 Å². The Balaban J connectivity index is 1.62. The number of fused-ring (bicyclic) bond motifs is 1. The first-order chi connectivity index (χ1) is 16.0. The highest BCUT2D eigenvalue weighted by Gasteiger charge is 2.21. The minimum absolute atomic E-state index is 0.0478. The molecule has 2 aromatic carbocycles. The average Bonchev–Trinajstić information content (AvgIpc) is 3.41. The van der Waals surface area contributed by atoms with Gasteiger partial charge in [0.1, 0.15) is 4.88 Å². The highest BCUT2D eigenvalue weighted by molar-refractivity contribution is 7.21. The molecule has 0 aliphatic carbocycles. The van der Waals surface area contributed by atoms with E-state index in [1.165, 1.54) is 11.3 Å². The quantitative estimate of drug-likeness (QED) is 0.307. The second kappa shape index (κ2) is 10.1. The van der Waals surface area contributed by atoms with Crippen molar-refractivity contribution in [2.24, 2.45) is 0 Å². The van der Waals surface area contributed by atoms with Gasteiger partial charge in [-0.05, 0) is 39.0 Å². The molecule has 0 fully saturated rings. The fourth-order valence-corrected chi connectivity index (χ4v) is 4.63. The van der Waals surface area contributed by atoms with Crippen LogP contribution in [0.5, 0.6) is 17.2 Å². The number of carbonyl (C=O) groups is 1. The molecule has 0 saturated heterocycles. The SMILES string of the molecule is CCOc1cc(-c2nnc(NC(=O)c3sc4ccccc4c3Cl)o2)cc(OCC)c1OCC. The van der Waals surface area contributed by atoms with Gasteiger partial charge in [0.15, 0.2) is 11.5 Å². The van der Waals surface area contributed by atoms with E-state index in [1.54, 1.807) is 12.1 Å². The van der Waals surface area contributed by atoms with Crippen molar-refractivity contribution in [3.8, 4) is 28.7 Å². The van der Waals surface area contributed by atoms with Gasteiger partial charge in [-0.3, -0.25) is 10.1 Å². The van der Waals surface area contributed by atoms with E-state index in [2.05, 4.69) is 15.5 Å². The van der Waals surface area contributed by atoms with Crippen LogP contribution in [0.4, 0.5) is 6.01 Å². The zero-order chi connectivity index (χ0) is 23.4. The van der Waals surface area contributed by atoms with Crippen molar-refractivity contribution >= 4 is 44.9 Å². The minimum Gasteiger partial charge on any atom is -0.490 e. The van der Waals surface area contributed by atoms with E-state index >= 15 is 0 Å². The second-order valence-electron chi connectivity index (χ2n) is 6.71. The summed E-state index contributed by atoms with van der Waals surface area (Å²) in [7, 11) is 0. The molecule has 1 amide bonds. The molecule has 0 bridgehead atoms. The Morgan fingerprint density at radius 3 is 2.33 bits per heavy atom. The lowest BCUT2D eigenvalue weighted by molar-refractivity contribution is 0.102. The number of hydrogen-bond acceptors (Lipinski definition) is 8. The number of carbonyl (C=O) groups excluding carboxylic acids is 1. The van der Waals surface area contributed by atoms with Crippen molar-refractivity contribution in [1.29, 1.82) is 0 Å². The minimum atomic E-state index is -0.423. The number of rotatable bonds is 9. The van der Waals surface area contributed by atoms with E-state index in [0.29, 0.717) is 52.5 Å². The number of thiophene rings is 1. The number of ether oxygens (including phenoxy) is 3. The Hall–Kier alpha value is -3.30. The van der Waals surface area contributed by atoms with Gasteiger partial charge >= 0.3 is 6.01 Å². The van der Waals surface area contributed by atoms with Crippen LogP contribution in [0.25, 0.3) is 21.5 Å². The Labute approximate surface area is 199 Å². The molecule has 4 aromatic rings. The molecule has 0 aliphatic rings. The first-order valence-electron chi connectivity index (χ1n) is 10.4. The third-order valence-corrected chi connectivity index (χ3v) is 6.22. The van der Waals surface area contributed by atoms with E-state index in [0.717, 1.165) is 10.1 Å². The van der Waals surface area contributed by atoms with E-state index in [9.17, 15) is 4.79 Å². The Morgan fingerprint density at radius 2 is 1.70 bits per heavy atom. The van der Waals surface area contributed by atoms with Gasteiger partial charge in [-0.15, -0.1) is 16.4 Å². The molecule has 2 heterocycles. The maximum Gasteiger partial charge on any atom is 0.322 e. The fraction of sp³-hybridized carbons (Fsp3) is 0.261. The molecule has 8 nitrogen and oxygen atoms in total. The molecular formula is C23H22ClN3O5S. The van der Waals surface area contributed by atoms with E-state index in [1.807, 2.05) is 45.0 Å². The number of halogens is 1. The maximum absolute atomic E-state index is 12.8. The van der Waals surface area contributed by atoms with Crippen LogP contribution in [0.3, 0.4) is 0 Å². The summed E-state index contributed by atoms with van der Waals surface area (Å²) < 4.78 is 23.8. The lowest BCUT2D eigenvalue weighted by atomic mass is 10.2. The first kappa shape index (κ1) is 22.9. The van der Waals surface area contributed by atoms with Crippen LogP contribution in [0.15, 0.2) is 40.8 Å². The van der Waals surface area contributed by atoms with E-state index < -0.39 is 5.91 Å². The molecule has 0 unspecified atom stereocenters. The lowest BCUT2D eigenvalue weighted by Gasteiger charge is -2.16. The van der Waals surface area contributed by atoms with Crippen LogP contribution in [0, 0.1) is 0 Å². The molecule has 0 atom stereocenters. The first-order valence-corrected chi connectivity index (χ1v) is 11.6. The number of aromatic nitrogens is 2. The number of hydrogen-bond donors (Lipinski definition) is 1. The fourth-order valence-electron chi connectivity index (χ4n) is 3.22. The summed E-state index contributed by atoms with van der Waals surface area (Å²) >= 11 is 7.69. The average molecular weight is 488 g/mol. The third-order valence-electron chi connectivity index (χ3n) is 4.54. The molecule has 2 aromatic heterocycles. The van der Waals surface area contributed by atoms with Crippen molar-refractivity contribution in [2.75, 3.05) is 25.1 Å². The van der Waals surface area contributed by atoms with Crippen LogP contribution in [0.2, 0.25) is 5.02 Å². The number of anilines is 1. The number of amides is 1. The third kappa shape index (κ3) is 4.74. The molecule has 1 N–H and O–H groups in total. The van der Waals surface area contributed by atoms with Crippen LogP contribution < -0.4 is 19.5 Å². The monoisotopic (exact) mass is 487 g/mol. The Morgan fingerprint density at radius 1 is 1.03 bits per heavy atom. The summed E-state index contributed by atoms with van der Waals surface area (Å²) in [6, 6.07) is 11.0. The topological polar surface area (TPSA) is 95.7 Å². The normalized spacial score (nSPS) is 10.9. The molecule has 172 valence electrons. The number of nitrogens with one attached hydrogen (secondary N) is 1. The van der Waals surface area contributed by atoms with Crippen molar-refractivity contribution in [1.82, 2.24) is 10.2 Å². The highest BCUT2D eigenvalue weighted by atomic mass is 35.5. The van der Waals surface area contributed by atoms with Crippen LogP contribution in [-0.4, -0.2) is 35.9 Å². The summed E-state index contributed by atoms with van der Waals surface area (Å²) in [5.74, 6) is 1.28. The Bertz CT molecular complexity index is 1260. The van der Waals surface area contributed by atoms with Crippen LogP contribution >= 0.6 is 22.9 Å². The molecule has 0 radical (unpaired) electrons. The second-order valence-corrected chi connectivity index (χ2v) is 8.14. The standard InChI is InChI=1S/C23H22ClN3O5S/c1-4-29-15-11-13(12-16(30-5-2)19(15)31-6-3)22-26-27-23(32-22)25-21(28)20-18(24)14-9-7-8-10-17(14)33-20/h7-12H,4-6H2,1-3H3,(H,25,27,28). The highest BCUT2D eigenvalue weighted by Crippen LogP contribution is 2.42. The molecule has 4 rings (SSSR count). The van der Waals surface area contributed by atoms with Gasteiger partial charge in [-0.1, -0.05) is 34.9 Å². The molecule has 0 aliphatic heterocycles. The predicted octanol–water partition coefficient (Wildman–Crippen LogP) is 6.05. The lowest BCUT2D eigenvalue weighted by Crippen LogP contribution is -2.10. The molecule has 0 spiro atoms. The maximum atomic E-state index is 12.8. The van der Waals surface area contributed by atoms with E-state index in [4.69, 9.17) is 30.2 Å². The van der Waals surface area contributed by atoms with Crippen LogP contribution in [0.1, 0.15) is 30.4 Å². The van der Waals surface area contributed by atoms with Gasteiger partial charge in [0.2, 0.25) is 11.6 Å². The zero-order valence-corrected chi connectivity index (χ0v) is 19.9. The van der Waals surface area contributed by atoms with Crippen molar-refractivity contribution < 1.29 is 23.4 Å². The number of benzene rings is 2. The smallest absolute Gasteiger partial charge is 0.322 e. The zero-order valence-electron chi connectivity index (χ0n) is 18.3. The summed E-state index contributed by atoms with van der Waals surface area (Å²) in [6.45, 7) is 6.97. The van der Waals surface area contributed by atoms with Crippen LogP contribution in [-0.2, 0) is 0 Å². The summed E-state index contributed by atoms with van der Waals surface area (Å²) in [4.78, 5) is 13.1. The van der Waals surface area contributed by atoms with Gasteiger partial charge in [-0.2, -0.15) is 0 Å². The van der Waals surface area contributed by atoms with Gasteiger partial charge in [0.25, 0.3) is 5.91 Å². The summed E-state index contributed by atoms with van der Waals surface area (Å²) in [5, 5.41) is 11.8.